The summed E-state index contributed by atoms with van der Waals surface area (Å²) in [7, 11) is 1.32. The molecule has 0 spiro atoms. The molecule has 19 heavy (non-hydrogen) atoms. The van der Waals surface area contributed by atoms with Gasteiger partial charge in [0.1, 0.15) is 0 Å². The molecule has 2 rings (SSSR count). The third kappa shape index (κ3) is 3.88. The van der Waals surface area contributed by atoms with Gasteiger partial charge in [0.15, 0.2) is 5.13 Å². The Kier molecular flexibility index (Phi) is 4.24. The van der Waals surface area contributed by atoms with Crippen molar-refractivity contribution < 1.29 is 14.3 Å². The average Bonchev–Trinajstić information content (AvgIpc) is 3.01. The zero-order valence-corrected chi connectivity index (χ0v) is 11.0. The van der Waals surface area contributed by atoms with Gasteiger partial charge in [-0.2, -0.15) is 5.10 Å². The summed E-state index contributed by atoms with van der Waals surface area (Å²) in [6.45, 7) is 0. The maximum atomic E-state index is 11.7. The number of rotatable bonds is 5. The van der Waals surface area contributed by atoms with Crippen LogP contribution in [0.1, 0.15) is 11.4 Å². The minimum absolute atomic E-state index is 0.101. The van der Waals surface area contributed by atoms with Crippen LogP contribution < -0.4 is 5.32 Å². The Morgan fingerprint density at radius 3 is 3.00 bits per heavy atom. The number of esters is 1. The summed E-state index contributed by atoms with van der Waals surface area (Å²) in [5, 5.41) is 11.3. The minimum atomic E-state index is -0.361. The summed E-state index contributed by atoms with van der Waals surface area (Å²) >= 11 is 1.27. The van der Waals surface area contributed by atoms with E-state index in [2.05, 4.69) is 25.2 Å². The molecule has 100 valence electrons. The number of aromatic amines is 1. The van der Waals surface area contributed by atoms with Gasteiger partial charge in [-0.15, -0.1) is 11.3 Å². The fourth-order valence-corrected chi connectivity index (χ4v) is 2.11. The van der Waals surface area contributed by atoms with Crippen LogP contribution in [0.2, 0.25) is 0 Å². The predicted octanol–water partition coefficient (Wildman–Crippen LogP) is 0.763. The van der Waals surface area contributed by atoms with Crippen LogP contribution in [0, 0.1) is 0 Å². The minimum Gasteiger partial charge on any atom is -0.469 e. The summed E-state index contributed by atoms with van der Waals surface area (Å²) in [5.41, 5.74) is 1.30. The molecule has 0 saturated carbocycles. The number of hydrogen-bond donors (Lipinski definition) is 2. The summed E-state index contributed by atoms with van der Waals surface area (Å²) in [4.78, 5) is 26.9. The van der Waals surface area contributed by atoms with Gasteiger partial charge in [-0.1, -0.05) is 0 Å². The number of anilines is 1. The lowest BCUT2D eigenvalue weighted by Crippen LogP contribution is -2.14. The molecular formula is C11H12N4O3S. The molecule has 0 bridgehead atoms. The van der Waals surface area contributed by atoms with Crippen molar-refractivity contribution >= 4 is 28.3 Å². The van der Waals surface area contributed by atoms with Gasteiger partial charge in [0, 0.05) is 17.3 Å². The monoisotopic (exact) mass is 280 g/mol. The lowest BCUT2D eigenvalue weighted by molar-refractivity contribution is -0.139. The molecule has 1 amide bonds. The summed E-state index contributed by atoms with van der Waals surface area (Å²) in [5.74, 6) is -0.552. The molecule has 8 heteroatoms. The quantitative estimate of drug-likeness (QED) is 0.788. The number of nitrogens with one attached hydrogen (secondary N) is 2. The molecule has 0 aliphatic rings. The molecule has 0 saturated heterocycles. The van der Waals surface area contributed by atoms with Gasteiger partial charge in [-0.05, 0) is 6.07 Å². The van der Waals surface area contributed by atoms with E-state index in [0.29, 0.717) is 10.8 Å². The Balaban J connectivity index is 1.89. The highest BCUT2D eigenvalue weighted by atomic mass is 32.1. The number of aromatic nitrogens is 3. The number of ether oxygens (including phenoxy) is 1. The van der Waals surface area contributed by atoms with Crippen molar-refractivity contribution in [2.75, 3.05) is 12.4 Å². The third-order valence-electron chi connectivity index (χ3n) is 2.26. The molecule has 2 N–H and O–H groups in total. The van der Waals surface area contributed by atoms with E-state index < -0.39 is 0 Å². The lowest BCUT2D eigenvalue weighted by atomic mass is 10.3. The molecule has 2 aromatic rings. The second-order valence-corrected chi connectivity index (χ2v) is 4.56. The summed E-state index contributed by atoms with van der Waals surface area (Å²) in [6, 6.07) is 1.73. The SMILES string of the molecule is COC(=O)Cc1csc(NC(=O)Cc2ccn[nH]2)n1. The van der Waals surface area contributed by atoms with Crippen molar-refractivity contribution in [2.45, 2.75) is 12.8 Å². The first-order chi connectivity index (χ1) is 9.17. The first kappa shape index (κ1) is 13.2. The van der Waals surface area contributed by atoms with Gasteiger partial charge in [0.2, 0.25) is 5.91 Å². The Labute approximate surface area is 113 Å². The molecule has 2 heterocycles. The van der Waals surface area contributed by atoms with Gasteiger partial charge in [0.05, 0.1) is 25.6 Å². The van der Waals surface area contributed by atoms with E-state index in [1.165, 1.54) is 18.4 Å². The van der Waals surface area contributed by atoms with Crippen LogP contribution >= 0.6 is 11.3 Å². The molecular weight excluding hydrogens is 268 g/mol. The number of carbonyl (C=O) groups is 2. The van der Waals surface area contributed by atoms with Gasteiger partial charge < -0.3 is 10.1 Å². The van der Waals surface area contributed by atoms with Crippen molar-refractivity contribution in [2.24, 2.45) is 0 Å². The second-order valence-electron chi connectivity index (χ2n) is 3.70. The number of thiazole rings is 1. The van der Waals surface area contributed by atoms with E-state index in [4.69, 9.17) is 0 Å². The van der Waals surface area contributed by atoms with Crippen LogP contribution in [0.4, 0.5) is 5.13 Å². The standard InChI is InChI=1S/C11H12N4O3S/c1-18-10(17)5-8-6-19-11(13-8)14-9(16)4-7-2-3-12-15-7/h2-3,6H,4-5H2,1H3,(H,12,15)(H,13,14,16). The molecule has 2 aromatic heterocycles. The first-order valence-corrected chi connectivity index (χ1v) is 6.34. The van der Waals surface area contributed by atoms with Gasteiger partial charge in [-0.25, -0.2) is 4.98 Å². The Bertz CT molecular complexity index is 564. The van der Waals surface area contributed by atoms with Gasteiger partial charge in [0.25, 0.3) is 0 Å². The van der Waals surface area contributed by atoms with E-state index in [9.17, 15) is 9.59 Å². The fourth-order valence-electron chi connectivity index (χ4n) is 1.39. The number of nitrogens with zero attached hydrogens (tertiary/aromatic N) is 2. The maximum absolute atomic E-state index is 11.7. The van der Waals surface area contributed by atoms with Crippen LogP contribution in [-0.2, 0) is 27.2 Å². The third-order valence-corrected chi connectivity index (χ3v) is 3.07. The Hall–Kier alpha value is -2.22. The molecule has 0 aliphatic carbocycles. The van der Waals surface area contributed by atoms with Crippen LogP contribution in [0.3, 0.4) is 0 Å². The van der Waals surface area contributed by atoms with Crippen molar-refractivity contribution in [3.63, 3.8) is 0 Å². The van der Waals surface area contributed by atoms with Gasteiger partial charge in [-0.3, -0.25) is 14.7 Å². The topological polar surface area (TPSA) is 97.0 Å². The fraction of sp³-hybridized carbons (Fsp3) is 0.273. The van der Waals surface area contributed by atoms with E-state index in [1.807, 2.05) is 0 Å². The highest BCUT2D eigenvalue weighted by molar-refractivity contribution is 7.13. The number of hydrogen-bond acceptors (Lipinski definition) is 6. The molecule has 0 radical (unpaired) electrons. The Morgan fingerprint density at radius 1 is 1.47 bits per heavy atom. The summed E-state index contributed by atoms with van der Waals surface area (Å²) in [6.07, 6.45) is 1.88. The molecule has 7 nitrogen and oxygen atoms in total. The van der Waals surface area contributed by atoms with Crippen molar-refractivity contribution in [3.8, 4) is 0 Å². The lowest BCUT2D eigenvalue weighted by Gasteiger charge is -1.99. The molecule has 0 atom stereocenters. The van der Waals surface area contributed by atoms with E-state index in [1.54, 1.807) is 17.6 Å². The van der Waals surface area contributed by atoms with Crippen molar-refractivity contribution in [1.82, 2.24) is 15.2 Å². The van der Waals surface area contributed by atoms with Crippen LogP contribution in [0.15, 0.2) is 17.6 Å². The van der Waals surface area contributed by atoms with Crippen LogP contribution in [0.5, 0.6) is 0 Å². The molecule has 0 aromatic carbocycles. The highest BCUT2D eigenvalue weighted by Gasteiger charge is 2.10. The number of carbonyl (C=O) groups excluding carboxylic acids is 2. The molecule has 0 fully saturated rings. The Morgan fingerprint density at radius 2 is 2.32 bits per heavy atom. The number of H-pyrrole nitrogens is 1. The number of methoxy groups -OCH3 is 1. The van der Waals surface area contributed by atoms with E-state index in [0.717, 1.165) is 5.69 Å². The smallest absolute Gasteiger partial charge is 0.311 e. The van der Waals surface area contributed by atoms with E-state index >= 15 is 0 Å². The molecule has 0 aliphatic heterocycles. The van der Waals surface area contributed by atoms with Crippen LogP contribution in [0.25, 0.3) is 0 Å². The zero-order chi connectivity index (χ0) is 13.7. The average molecular weight is 280 g/mol. The maximum Gasteiger partial charge on any atom is 0.311 e. The highest BCUT2D eigenvalue weighted by Crippen LogP contribution is 2.16. The first-order valence-electron chi connectivity index (χ1n) is 5.46. The normalized spacial score (nSPS) is 10.2. The summed E-state index contributed by atoms with van der Waals surface area (Å²) < 4.78 is 4.54. The predicted molar refractivity (Wildman–Crippen MR) is 68.8 cm³/mol. The second kappa shape index (κ2) is 6.10. The largest absolute Gasteiger partial charge is 0.469 e. The van der Waals surface area contributed by atoms with Crippen molar-refractivity contribution in [3.05, 3.63) is 29.0 Å². The molecule has 0 unspecified atom stereocenters. The van der Waals surface area contributed by atoms with Crippen LogP contribution in [-0.4, -0.2) is 34.2 Å². The number of amides is 1. The van der Waals surface area contributed by atoms with Gasteiger partial charge >= 0.3 is 5.97 Å². The van der Waals surface area contributed by atoms with Crippen molar-refractivity contribution in [1.29, 1.82) is 0 Å². The van der Waals surface area contributed by atoms with E-state index in [-0.39, 0.29) is 24.7 Å². The zero-order valence-electron chi connectivity index (χ0n) is 10.2.